The first-order chi connectivity index (χ1) is 11.5. The van der Waals surface area contributed by atoms with Crippen LogP contribution in [0, 0.1) is 5.92 Å². The van der Waals surface area contributed by atoms with Gasteiger partial charge in [-0.05, 0) is 60.6 Å². The summed E-state index contributed by atoms with van der Waals surface area (Å²) in [4.78, 5) is -0.0104. The van der Waals surface area contributed by atoms with E-state index in [1.54, 1.807) is 25.3 Å². The SMILES string of the molecule is COc1ccc2c(c1)CC(CCc1ccccc1S(=O)(=O)O)CO2. The smallest absolute Gasteiger partial charge is 0.294 e. The zero-order valence-electron chi connectivity index (χ0n) is 13.4. The third-order valence-corrected chi connectivity index (χ3v) is 5.28. The maximum absolute atomic E-state index is 11.5. The minimum atomic E-state index is -4.19. The molecule has 0 bridgehead atoms. The molecule has 2 aromatic rings. The van der Waals surface area contributed by atoms with Crippen molar-refractivity contribution in [3.8, 4) is 11.5 Å². The van der Waals surface area contributed by atoms with E-state index in [0.717, 1.165) is 29.9 Å². The van der Waals surface area contributed by atoms with E-state index in [1.807, 2.05) is 18.2 Å². The van der Waals surface area contributed by atoms with Gasteiger partial charge in [0.1, 0.15) is 11.5 Å². The van der Waals surface area contributed by atoms with Crippen molar-refractivity contribution in [1.82, 2.24) is 0 Å². The van der Waals surface area contributed by atoms with Gasteiger partial charge in [-0.25, -0.2) is 0 Å². The summed E-state index contributed by atoms with van der Waals surface area (Å²) < 4.78 is 43.3. The van der Waals surface area contributed by atoms with E-state index in [1.165, 1.54) is 6.07 Å². The maximum Gasteiger partial charge on any atom is 0.294 e. The van der Waals surface area contributed by atoms with Crippen molar-refractivity contribution < 1.29 is 22.4 Å². The van der Waals surface area contributed by atoms with Gasteiger partial charge in [-0.15, -0.1) is 0 Å². The summed E-state index contributed by atoms with van der Waals surface area (Å²) in [5.41, 5.74) is 1.74. The first kappa shape index (κ1) is 16.8. The standard InChI is InChI=1S/C18H20O5S/c1-22-16-8-9-17-15(11-16)10-13(12-23-17)6-7-14-4-2-3-5-18(14)24(19,20)21/h2-5,8-9,11,13H,6-7,10,12H2,1H3,(H,19,20,21). The van der Waals surface area contributed by atoms with E-state index in [9.17, 15) is 13.0 Å². The Morgan fingerprint density at radius 3 is 2.79 bits per heavy atom. The van der Waals surface area contributed by atoms with Crippen LogP contribution in [0.25, 0.3) is 0 Å². The molecule has 1 aliphatic rings. The van der Waals surface area contributed by atoms with Gasteiger partial charge < -0.3 is 9.47 Å². The fourth-order valence-corrected chi connectivity index (χ4v) is 3.82. The van der Waals surface area contributed by atoms with Crippen LogP contribution in [0.3, 0.4) is 0 Å². The van der Waals surface area contributed by atoms with Crippen LogP contribution >= 0.6 is 0 Å². The molecule has 0 aliphatic carbocycles. The molecule has 5 nitrogen and oxygen atoms in total. The molecule has 0 radical (unpaired) electrons. The van der Waals surface area contributed by atoms with Crippen molar-refractivity contribution in [2.75, 3.05) is 13.7 Å². The first-order valence-corrected chi connectivity index (χ1v) is 9.26. The predicted molar refractivity (Wildman–Crippen MR) is 90.3 cm³/mol. The molecule has 1 unspecified atom stereocenters. The minimum absolute atomic E-state index is 0.0104. The third kappa shape index (κ3) is 3.71. The van der Waals surface area contributed by atoms with E-state index in [2.05, 4.69) is 0 Å². The van der Waals surface area contributed by atoms with E-state index in [0.29, 0.717) is 24.5 Å². The van der Waals surface area contributed by atoms with Crippen LogP contribution in [0.4, 0.5) is 0 Å². The second-order valence-corrected chi connectivity index (χ2v) is 7.37. The molecule has 1 heterocycles. The zero-order valence-corrected chi connectivity index (χ0v) is 14.3. The average Bonchev–Trinajstić information content (AvgIpc) is 2.58. The number of benzene rings is 2. The Hall–Kier alpha value is -2.05. The highest BCUT2D eigenvalue weighted by Gasteiger charge is 2.22. The Bertz CT molecular complexity index is 829. The van der Waals surface area contributed by atoms with Gasteiger partial charge >= 0.3 is 0 Å². The summed E-state index contributed by atoms with van der Waals surface area (Å²) in [6, 6.07) is 12.3. The molecule has 3 rings (SSSR count). The molecule has 0 saturated heterocycles. The normalized spacial score (nSPS) is 17.0. The molecule has 1 atom stereocenters. The number of aryl methyl sites for hydroxylation is 1. The van der Waals surface area contributed by atoms with Gasteiger partial charge in [0, 0.05) is 0 Å². The summed E-state index contributed by atoms with van der Waals surface area (Å²) in [6.07, 6.45) is 2.22. The Morgan fingerprint density at radius 2 is 2.04 bits per heavy atom. The summed E-state index contributed by atoms with van der Waals surface area (Å²) in [6.45, 7) is 0.605. The van der Waals surface area contributed by atoms with Gasteiger partial charge in [-0.3, -0.25) is 4.55 Å². The molecule has 0 fully saturated rings. The van der Waals surface area contributed by atoms with Crippen molar-refractivity contribution in [2.45, 2.75) is 24.2 Å². The van der Waals surface area contributed by atoms with Crippen LogP contribution in [-0.4, -0.2) is 26.7 Å². The first-order valence-electron chi connectivity index (χ1n) is 7.82. The Balaban J connectivity index is 1.71. The Labute approximate surface area is 142 Å². The minimum Gasteiger partial charge on any atom is -0.497 e. The predicted octanol–water partition coefficient (Wildman–Crippen LogP) is 3.13. The van der Waals surface area contributed by atoms with Crippen LogP contribution in [0.5, 0.6) is 11.5 Å². The van der Waals surface area contributed by atoms with E-state index in [4.69, 9.17) is 9.47 Å². The van der Waals surface area contributed by atoms with Crippen LogP contribution in [0.15, 0.2) is 47.4 Å². The number of ether oxygens (including phenoxy) is 2. The number of rotatable bonds is 5. The van der Waals surface area contributed by atoms with Gasteiger partial charge in [-0.1, -0.05) is 18.2 Å². The lowest BCUT2D eigenvalue weighted by Crippen LogP contribution is -2.21. The van der Waals surface area contributed by atoms with Crippen molar-refractivity contribution in [2.24, 2.45) is 5.92 Å². The number of methoxy groups -OCH3 is 1. The van der Waals surface area contributed by atoms with Gasteiger partial charge in [0.2, 0.25) is 0 Å². The molecule has 1 N–H and O–H groups in total. The summed E-state index contributed by atoms with van der Waals surface area (Å²) in [7, 11) is -2.56. The van der Waals surface area contributed by atoms with Crippen molar-refractivity contribution in [3.05, 3.63) is 53.6 Å². The maximum atomic E-state index is 11.5. The third-order valence-electron chi connectivity index (χ3n) is 4.32. The summed E-state index contributed by atoms with van der Waals surface area (Å²) >= 11 is 0. The van der Waals surface area contributed by atoms with Crippen LogP contribution in [-0.2, 0) is 23.0 Å². The monoisotopic (exact) mass is 348 g/mol. The summed E-state index contributed by atoms with van der Waals surface area (Å²) in [5, 5.41) is 0. The molecule has 0 aromatic heterocycles. The Morgan fingerprint density at radius 1 is 1.25 bits per heavy atom. The van der Waals surface area contributed by atoms with Crippen LogP contribution in [0.2, 0.25) is 0 Å². The van der Waals surface area contributed by atoms with Gasteiger partial charge in [0.25, 0.3) is 10.1 Å². The molecular formula is C18H20O5S. The van der Waals surface area contributed by atoms with E-state index < -0.39 is 10.1 Å². The summed E-state index contributed by atoms with van der Waals surface area (Å²) in [5.74, 6) is 1.97. The molecule has 0 saturated carbocycles. The van der Waals surface area contributed by atoms with Crippen molar-refractivity contribution >= 4 is 10.1 Å². The van der Waals surface area contributed by atoms with Gasteiger partial charge in [0.05, 0.1) is 18.6 Å². The van der Waals surface area contributed by atoms with E-state index >= 15 is 0 Å². The highest BCUT2D eigenvalue weighted by molar-refractivity contribution is 7.85. The van der Waals surface area contributed by atoms with Gasteiger partial charge in [0.15, 0.2) is 0 Å². The molecule has 0 amide bonds. The molecule has 0 spiro atoms. The fourth-order valence-electron chi connectivity index (χ4n) is 3.07. The lowest BCUT2D eigenvalue weighted by atomic mass is 9.91. The number of hydrogen-bond acceptors (Lipinski definition) is 4. The van der Waals surface area contributed by atoms with Gasteiger partial charge in [-0.2, -0.15) is 8.42 Å². The molecule has 2 aromatic carbocycles. The number of fused-ring (bicyclic) bond motifs is 1. The molecule has 1 aliphatic heterocycles. The van der Waals surface area contributed by atoms with Crippen LogP contribution < -0.4 is 9.47 Å². The Kier molecular flexibility index (Phi) is 4.78. The quantitative estimate of drug-likeness (QED) is 0.841. The second-order valence-electron chi connectivity index (χ2n) is 5.98. The lowest BCUT2D eigenvalue weighted by Gasteiger charge is -2.25. The average molecular weight is 348 g/mol. The topological polar surface area (TPSA) is 72.8 Å². The fraction of sp³-hybridized carbons (Fsp3) is 0.333. The highest BCUT2D eigenvalue weighted by Crippen LogP contribution is 2.32. The molecular weight excluding hydrogens is 328 g/mol. The van der Waals surface area contributed by atoms with Crippen molar-refractivity contribution in [1.29, 1.82) is 0 Å². The van der Waals surface area contributed by atoms with E-state index in [-0.39, 0.29) is 4.90 Å². The van der Waals surface area contributed by atoms with Crippen LogP contribution in [0.1, 0.15) is 17.5 Å². The zero-order chi connectivity index (χ0) is 17.2. The van der Waals surface area contributed by atoms with Crippen molar-refractivity contribution in [3.63, 3.8) is 0 Å². The second kappa shape index (κ2) is 6.83. The lowest BCUT2D eigenvalue weighted by molar-refractivity contribution is 0.213. The largest absolute Gasteiger partial charge is 0.497 e. The molecule has 128 valence electrons. The number of hydrogen-bond donors (Lipinski definition) is 1. The highest BCUT2D eigenvalue weighted by atomic mass is 32.2. The molecule has 24 heavy (non-hydrogen) atoms. The molecule has 6 heteroatoms.